The average Bonchev–Trinajstić information content (AvgIpc) is 3.18. The number of likely N-dealkylation sites (N-methyl/N-ethyl adjacent to an activating group) is 1. The van der Waals surface area contributed by atoms with Gasteiger partial charge in [-0.05, 0) is 23.3 Å². The lowest BCUT2D eigenvalue weighted by atomic mass is 10.0. The molecule has 0 radical (unpaired) electrons. The summed E-state index contributed by atoms with van der Waals surface area (Å²) in [6.07, 6.45) is 1.65. The van der Waals surface area contributed by atoms with Gasteiger partial charge in [-0.3, -0.25) is 10.1 Å². The molecule has 1 N–H and O–H groups in total. The first kappa shape index (κ1) is 17.0. The molecule has 25 heavy (non-hydrogen) atoms. The molecule has 1 atom stereocenters. The molecule has 0 saturated heterocycles. The van der Waals surface area contributed by atoms with Gasteiger partial charge in [0.25, 0.3) is 0 Å². The highest BCUT2D eigenvalue weighted by atomic mass is 16.3. The summed E-state index contributed by atoms with van der Waals surface area (Å²) in [5.74, 6) is 0.834. The fourth-order valence-corrected chi connectivity index (χ4v) is 2.75. The number of rotatable bonds is 7. The molecule has 0 bridgehead atoms. The van der Waals surface area contributed by atoms with E-state index in [1.54, 1.807) is 11.2 Å². The van der Waals surface area contributed by atoms with Crippen molar-refractivity contribution in [3.63, 3.8) is 0 Å². The van der Waals surface area contributed by atoms with E-state index in [1.807, 2.05) is 79.8 Å². The standard InChI is InChI=1S/C21H22N2O2/c1-23(16-17-9-4-2-5-10-17)20(24)15-22-21(19-13-8-14-25-19)18-11-6-3-7-12-18/h2-14,21-22H,15-16H2,1H3/t21-/m0/s1. The van der Waals surface area contributed by atoms with Gasteiger partial charge < -0.3 is 9.32 Å². The van der Waals surface area contributed by atoms with Gasteiger partial charge in [0, 0.05) is 13.6 Å². The van der Waals surface area contributed by atoms with Gasteiger partial charge in [-0.1, -0.05) is 60.7 Å². The maximum atomic E-state index is 12.5. The van der Waals surface area contributed by atoms with Crippen LogP contribution in [0, 0.1) is 0 Å². The van der Waals surface area contributed by atoms with Crippen LogP contribution < -0.4 is 5.32 Å². The van der Waals surface area contributed by atoms with Crippen molar-refractivity contribution in [2.75, 3.05) is 13.6 Å². The topological polar surface area (TPSA) is 45.5 Å². The number of furan rings is 1. The van der Waals surface area contributed by atoms with Crippen molar-refractivity contribution in [1.29, 1.82) is 0 Å². The Kier molecular flexibility index (Phi) is 5.65. The molecule has 0 unspecified atom stereocenters. The minimum atomic E-state index is -0.148. The molecular weight excluding hydrogens is 312 g/mol. The van der Waals surface area contributed by atoms with Gasteiger partial charge in [0.05, 0.1) is 18.8 Å². The van der Waals surface area contributed by atoms with Crippen LogP contribution in [0.4, 0.5) is 0 Å². The molecule has 1 aromatic heterocycles. The summed E-state index contributed by atoms with van der Waals surface area (Å²) in [7, 11) is 1.82. The Bertz CT molecular complexity index is 770. The SMILES string of the molecule is CN(Cc1ccccc1)C(=O)CN[C@@H](c1ccccc1)c1ccco1. The summed E-state index contributed by atoms with van der Waals surface area (Å²) in [6, 6.07) is 23.6. The van der Waals surface area contributed by atoms with E-state index in [2.05, 4.69) is 5.32 Å². The Morgan fingerprint density at radius 1 is 1.00 bits per heavy atom. The van der Waals surface area contributed by atoms with Gasteiger partial charge in [-0.2, -0.15) is 0 Å². The normalized spacial score (nSPS) is 11.9. The first-order valence-corrected chi connectivity index (χ1v) is 8.33. The highest BCUT2D eigenvalue weighted by Gasteiger charge is 2.18. The molecule has 0 saturated carbocycles. The molecule has 0 spiro atoms. The average molecular weight is 334 g/mol. The van der Waals surface area contributed by atoms with E-state index >= 15 is 0 Å². The van der Waals surface area contributed by atoms with E-state index in [0.29, 0.717) is 6.54 Å². The Morgan fingerprint density at radius 3 is 2.32 bits per heavy atom. The van der Waals surface area contributed by atoms with Gasteiger partial charge in [0.1, 0.15) is 5.76 Å². The summed E-state index contributed by atoms with van der Waals surface area (Å²) in [5.41, 5.74) is 2.18. The summed E-state index contributed by atoms with van der Waals surface area (Å²) < 4.78 is 5.55. The minimum absolute atomic E-state index is 0.0383. The molecule has 128 valence electrons. The van der Waals surface area contributed by atoms with Crippen molar-refractivity contribution < 1.29 is 9.21 Å². The van der Waals surface area contributed by atoms with Crippen LogP contribution in [-0.2, 0) is 11.3 Å². The quantitative estimate of drug-likeness (QED) is 0.718. The van der Waals surface area contributed by atoms with Crippen LogP contribution in [0.15, 0.2) is 83.5 Å². The third-order valence-electron chi connectivity index (χ3n) is 4.11. The summed E-state index contributed by atoms with van der Waals surface area (Å²) in [5, 5.41) is 3.32. The van der Waals surface area contributed by atoms with Crippen molar-refractivity contribution in [3.8, 4) is 0 Å². The molecule has 1 heterocycles. The fourth-order valence-electron chi connectivity index (χ4n) is 2.75. The lowest BCUT2D eigenvalue weighted by Gasteiger charge is -2.21. The van der Waals surface area contributed by atoms with E-state index in [9.17, 15) is 4.79 Å². The maximum absolute atomic E-state index is 12.5. The molecule has 0 aliphatic heterocycles. The van der Waals surface area contributed by atoms with Crippen molar-refractivity contribution in [2.45, 2.75) is 12.6 Å². The van der Waals surface area contributed by atoms with Gasteiger partial charge in [-0.25, -0.2) is 0 Å². The Labute approximate surface area is 148 Å². The van der Waals surface area contributed by atoms with Gasteiger partial charge >= 0.3 is 0 Å². The van der Waals surface area contributed by atoms with Crippen molar-refractivity contribution in [3.05, 3.63) is 95.9 Å². The number of hydrogen-bond donors (Lipinski definition) is 1. The number of amides is 1. The largest absolute Gasteiger partial charge is 0.467 e. The molecule has 3 aromatic rings. The van der Waals surface area contributed by atoms with Crippen LogP contribution in [0.2, 0.25) is 0 Å². The second kappa shape index (κ2) is 8.31. The number of nitrogens with zero attached hydrogens (tertiary/aromatic N) is 1. The van der Waals surface area contributed by atoms with Crippen LogP contribution in [0.25, 0.3) is 0 Å². The number of hydrogen-bond acceptors (Lipinski definition) is 3. The van der Waals surface area contributed by atoms with E-state index in [-0.39, 0.29) is 18.5 Å². The lowest BCUT2D eigenvalue weighted by molar-refractivity contribution is -0.129. The molecule has 4 nitrogen and oxygen atoms in total. The second-order valence-corrected chi connectivity index (χ2v) is 5.98. The minimum Gasteiger partial charge on any atom is -0.467 e. The van der Waals surface area contributed by atoms with E-state index in [1.165, 1.54) is 0 Å². The molecule has 3 rings (SSSR count). The Hall–Kier alpha value is -2.85. The van der Waals surface area contributed by atoms with Crippen molar-refractivity contribution >= 4 is 5.91 Å². The molecular formula is C21H22N2O2. The molecule has 4 heteroatoms. The van der Waals surface area contributed by atoms with Crippen LogP contribution in [0.3, 0.4) is 0 Å². The van der Waals surface area contributed by atoms with Gasteiger partial charge in [0.2, 0.25) is 5.91 Å². The second-order valence-electron chi connectivity index (χ2n) is 5.98. The molecule has 0 fully saturated rings. The zero-order valence-corrected chi connectivity index (χ0v) is 14.3. The van der Waals surface area contributed by atoms with E-state index < -0.39 is 0 Å². The Balaban J connectivity index is 1.64. The third-order valence-corrected chi connectivity index (χ3v) is 4.11. The molecule has 0 aliphatic carbocycles. The summed E-state index contributed by atoms with van der Waals surface area (Å²) in [4.78, 5) is 14.2. The maximum Gasteiger partial charge on any atom is 0.236 e. The third kappa shape index (κ3) is 4.58. The van der Waals surface area contributed by atoms with E-state index in [0.717, 1.165) is 16.9 Å². The molecule has 0 aliphatic rings. The van der Waals surface area contributed by atoms with E-state index in [4.69, 9.17) is 4.42 Å². The predicted molar refractivity (Wildman–Crippen MR) is 97.9 cm³/mol. The van der Waals surface area contributed by atoms with Crippen LogP contribution in [0.1, 0.15) is 22.9 Å². The number of nitrogens with one attached hydrogen (secondary N) is 1. The first-order chi connectivity index (χ1) is 12.2. The Morgan fingerprint density at radius 2 is 1.68 bits per heavy atom. The monoisotopic (exact) mass is 334 g/mol. The first-order valence-electron chi connectivity index (χ1n) is 8.33. The van der Waals surface area contributed by atoms with Crippen molar-refractivity contribution in [1.82, 2.24) is 10.2 Å². The lowest BCUT2D eigenvalue weighted by Crippen LogP contribution is -2.37. The number of benzene rings is 2. The molecule has 2 aromatic carbocycles. The summed E-state index contributed by atoms with van der Waals surface area (Å²) in [6.45, 7) is 0.835. The highest BCUT2D eigenvalue weighted by molar-refractivity contribution is 5.78. The van der Waals surface area contributed by atoms with Crippen LogP contribution >= 0.6 is 0 Å². The zero-order valence-electron chi connectivity index (χ0n) is 14.3. The van der Waals surface area contributed by atoms with Gasteiger partial charge in [-0.15, -0.1) is 0 Å². The van der Waals surface area contributed by atoms with Gasteiger partial charge in [0.15, 0.2) is 0 Å². The molecule has 1 amide bonds. The number of carbonyl (C=O) groups excluding carboxylic acids is 1. The zero-order chi connectivity index (χ0) is 17.5. The number of carbonyl (C=O) groups is 1. The van der Waals surface area contributed by atoms with Crippen LogP contribution in [0.5, 0.6) is 0 Å². The fraction of sp³-hybridized carbons (Fsp3) is 0.190. The van der Waals surface area contributed by atoms with Crippen molar-refractivity contribution in [2.24, 2.45) is 0 Å². The highest BCUT2D eigenvalue weighted by Crippen LogP contribution is 2.22. The van der Waals surface area contributed by atoms with Crippen LogP contribution in [-0.4, -0.2) is 24.4 Å². The predicted octanol–water partition coefficient (Wildman–Crippen LogP) is 3.62. The smallest absolute Gasteiger partial charge is 0.236 e. The summed E-state index contributed by atoms with van der Waals surface area (Å²) >= 11 is 0.